The Kier molecular flexibility index (Phi) is 4.11. The fourth-order valence-corrected chi connectivity index (χ4v) is 2.65. The van der Waals surface area contributed by atoms with Gasteiger partial charge in [0.15, 0.2) is 0 Å². The summed E-state index contributed by atoms with van der Waals surface area (Å²) in [6.45, 7) is -0.0697. The van der Waals surface area contributed by atoms with Crippen LogP contribution in [-0.4, -0.2) is 23.3 Å². The molecule has 3 rings (SSSR count). The van der Waals surface area contributed by atoms with Crippen molar-refractivity contribution in [1.82, 2.24) is 10.3 Å². The van der Waals surface area contributed by atoms with E-state index in [0.29, 0.717) is 11.3 Å². The van der Waals surface area contributed by atoms with E-state index in [-0.39, 0.29) is 18.4 Å². The van der Waals surface area contributed by atoms with E-state index in [0.717, 1.165) is 10.9 Å². The average Bonchev–Trinajstić information content (AvgIpc) is 3.07. The molecular weight excluding hydrogens is 298 g/mol. The highest BCUT2D eigenvalue weighted by atomic mass is 32.1. The van der Waals surface area contributed by atoms with Crippen molar-refractivity contribution in [1.29, 1.82) is 0 Å². The highest BCUT2D eigenvalue weighted by Crippen LogP contribution is 2.16. The molecule has 3 aromatic rings. The fraction of sp³-hybridized carbons (Fsp3) is 0.0625. The van der Waals surface area contributed by atoms with Crippen LogP contribution in [0.4, 0.5) is 5.69 Å². The van der Waals surface area contributed by atoms with Crippen molar-refractivity contribution in [2.24, 2.45) is 0 Å². The van der Waals surface area contributed by atoms with Crippen LogP contribution in [-0.2, 0) is 4.79 Å². The Hall–Kier alpha value is -2.73. The number of carbonyl (C=O) groups is 2. The first-order valence-electron chi connectivity index (χ1n) is 6.67. The molecule has 0 spiro atoms. The normalized spacial score (nSPS) is 10.4. The molecule has 2 amide bonds. The topological polar surface area (TPSA) is 71.1 Å². The van der Waals surface area contributed by atoms with Gasteiger partial charge in [0.25, 0.3) is 5.91 Å². The Morgan fingerprint density at radius 3 is 2.91 bits per heavy atom. The largest absolute Gasteiger partial charge is 0.343 e. The molecule has 5 nitrogen and oxygen atoms in total. The third-order valence-corrected chi connectivity index (χ3v) is 3.76. The van der Waals surface area contributed by atoms with Crippen LogP contribution in [0, 0.1) is 0 Å². The molecule has 0 saturated heterocycles. The molecule has 110 valence electrons. The van der Waals surface area contributed by atoms with Crippen molar-refractivity contribution >= 4 is 39.7 Å². The third-order valence-electron chi connectivity index (χ3n) is 3.08. The first kappa shape index (κ1) is 14.2. The maximum atomic E-state index is 11.9. The Bertz CT molecular complexity index is 815. The standard InChI is InChI=1S/C16H13N3O2S/c20-15(9-18-16(21)12-5-7-22-10-12)19-13-3-4-14-11(8-13)2-1-6-17-14/h1-8,10H,9H2,(H,18,21)(H,19,20). The smallest absolute Gasteiger partial charge is 0.252 e. The minimum absolute atomic E-state index is 0.0697. The molecule has 0 radical (unpaired) electrons. The van der Waals surface area contributed by atoms with Crippen LogP contribution in [0.25, 0.3) is 10.9 Å². The van der Waals surface area contributed by atoms with Crippen LogP contribution in [0.15, 0.2) is 53.4 Å². The number of rotatable bonds is 4. The second-order valence-electron chi connectivity index (χ2n) is 4.65. The summed E-state index contributed by atoms with van der Waals surface area (Å²) in [6, 6.07) is 11.0. The summed E-state index contributed by atoms with van der Waals surface area (Å²) < 4.78 is 0. The van der Waals surface area contributed by atoms with Crippen molar-refractivity contribution < 1.29 is 9.59 Å². The fourth-order valence-electron chi connectivity index (χ4n) is 2.01. The van der Waals surface area contributed by atoms with Crippen LogP contribution in [0.5, 0.6) is 0 Å². The number of amides is 2. The molecule has 0 atom stereocenters. The summed E-state index contributed by atoms with van der Waals surface area (Å²) in [7, 11) is 0. The van der Waals surface area contributed by atoms with Gasteiger partial charge >= 0.3 is 0 Å². The zero-order valence-corrected chi connectivity index (χ0v) is 12.4. The average molecular weight is 311 g/mol. The number of hydrogen-bond acceptors (Lipinski definition) is 4. The predicted molar refractivity (Wildman–Crippen MR) is 87.0 cm³/mol. The summed E-state index contributed by atoms with van der Waals surface area (Å²) in [5.41, 5.74) is 2.11. The van der Waals surface area contributed by atoms with Crippen LogP contribution in [0.1, 0.15) is 10.4 Å². The van der Waals surface area contributed by atoms with E-state index in [9.17, 15) is 9.59 Å². The van der Waals surface area contributed by atoms with Gasteiger partial charge in [-0.25, -0.2) is 0 Å². The lowest BCUT2D eigenvalue weighted by molar-refractivity contribution is -0.115. The lowest BCUT2D eigenvalue weighted by Gasteiger charge is -2.07. The molecule has 0 aliphatic carbocycles. The summed E-state index contributed by atoms with van der Waals surface area (Å²) >= 11 is 1.44. The number of aromatic nitrogens is 1. The summed E-state index contributed by atoms with van der Waals surface area (Å²) in [4.78, 5) is 27.8. The first-order chi connectivity index (χ1) is 10.7. The lowest BCUT2D eigenvalue weighted by atomic mass is 10.2. The van der Waals surface area contributed by atoms with Crippen molar-refractivity contribution in [2.75, 3.05) is 11.9 Å². The molecule has 0 aliphatic heterocycles. The van der Waals surface area contributed by atoms with E-state index in [1.54, 1.807) is 23.7 Å². The first-order valence-corrected chi connectivity index (χ1v) is 7.62. The van der Waals surface area contributed by atoms with Gasteiger partial charge in [-0.05, 0) is 35.7 Å². The Balaban J connectivity index is 1.59. The van der Waals surface area contributed by atoms with Crippen LogP contribution < -0.4 is 10.6 Å². The lowest BCUT2D eigenvalue weighted by Crippen LogP contribution is -2.32. The number of nitrogens with zero attached hydrogens (tertiary/aromatic N) is 1. The number of anilines is 1. The van der Waals surface area contributed by atoms with Crippen molar-refractivity contribution in [2.45, 2.75) is 0 Å². The zero-order chi connectivity index (χ0) is 15.4. The van der Waals surface area contributed by atoms with Gasteiger partial charge < -0.3 is 10.6 Å². The third kappa shape index (κ3) is 3.29. The highest BCUT2D eigenvalue weighted by Gasteiger charge is 2.08. The number of carbonyl (C=O) groups excluding carboxylic acids is 2. The molecule has 2 heterocycles. The predicted octanol–water partition coefficient (Wildman–Crippen LogP) is 2.66. The van der Waals surface area contributed by atoms with E-state index in [1.807, 2.05) is 29.6 Å². The number of benzene rings is 1. The molecule has 0 fully saturated rings. The van der Waals surface area contributed by atoms with Crippen molar-refractivity contribution in [3.63, 3.8) is 0 Å². The number of nitrogens with one attached hydrogen (secondary N) is 2. The van der Waals surface area contributed by atoms with Gasteiger partial charge in [0.1, 0.15) is 0 Å². The van der Waals surface area contributed by atoms with Gasteiger partial charge in [-0.15, -0.1) is 0 Å². The SMILES string of the molecule is O=C(CNC(=O)c1ccsc1)Nc1ccc2ncccc2c1. The number of hydrogen-bond donors (Lipinski definition) is 2. The maximum absolute atomic E-state index is 11.9. The van der Waals surface area contributed by atoms with E-state index in [4.69, 9.17) is 0 Å². The Labute approximate surface area is 131 Å². The van der Waals surface area contributed by atoms with Crippen molar-refractivity contribution in [3.05, 3.63) is 58.9 Å². The molecule has 0 saturated carbocycles. The van der Waals surface area contributed by atoms with E-state index < -0.39 is 0 Å². The van der Waals surface area contributed by atoms with E-state index in [2.05, 4.69) is 15.6 Å². The molecule has 0 unspecified atom stereocenters. The quantitative estimate of drug-likeness (QED) is 0.778. The van der Waals surface area contributed by atoms with Crippen LogP contribution in [0.3, 0.4) is 0 Å². The van der Waals surface area contributed by atoms with E-state index in [1.165, 1.54) is 11.3 Å². The minimum atomic E-state index is -0.271. The Morgan fingerprint density at radius 2 is 2.09 bits per heavy atom. The minimum Gasteiger partial charge on any atom is -0.343 e. The number of thiophene rings is 1. The second-order valence-corrected chi connectivity index (χ2v) is 5.43. The zero-order valence-electron chi connectivity index (χ0n) is 11.6. The maximum Gasteiger partial charge on any atom is 0.252 e. The summed E-state index contributed by atoms with van der Waals surface area (Å²) in [5.74, 6) is -0.522. The second kappa shape index (κ2) is 6.36. The van der Waals surface area contributed by atoms with Gasteiger partial charge in [0.05, 0.1) is 12.1 Å². The molecule has 2 aromatic heterocycles. The Morgan fingerprint density at radius 1 is 1.18 bits per heavy atom. The van der Waals surface area contributed by atoms with E-state index >= 15 is 0 Å². The molecule has 1 aromatic carbocycles. The monoisotopic (exact) mass is 311 g/mol. The molecule has 6 heteroatoms. The number of pyridine rings is 1. The highest BCUT2D eigenvalue weighted by molar-refractivity contribution is 7.08. The molecular formula is C16H13N3O2S. The van der Waals surface area contributed by atoms with Crippen LogP contribution in [0.2, 0.25) is 0 Å². The molecule has 2 N–H and O–H groups in total. The van der Waals surface area contributed by atoms with Crippen LogP contribution >= 0.6 is 11.3 Å². The van der Waals surface area contributed by atoms with Gasteiger partial charge in [0.2, 0.25) is 5.91 Å². The summed E-state index contributed by atoms with van der Waals surface area (Å²) in [5, 5.41) is 9.85. The molecule has 0 bridgehead atoms. The van der Waals surface area contributed by atoms with Gasteiger partial charge in [-0.2, -0.15) is 11.3 Å². The molecule has 0 aliphatic rings. The summed E-state index contributed by atoms with van der Waals surface area (Å²) in [6.07, 6.45) is 1.72. The number of fused-ring (bicyclic) bond motifs is 1. The molecule has 22 heavy (non-hydrogen) atoms. The van der Waals surface area contributed by atoms with Gasteiger partial charge in [0, 0.05) is 28.2 Å². The van der Waals surface area contributed by atoms with Gasteiger partial charge in [-0.3, -0.25) is 14.6 Å². The van der Waals surface area contributed by atoms with Crippen molar-refractivity contribution in [3.8, 4) is 0 Å². The van der Waals surface area contributed by atoms with Gasteiger partial charge in [-0.1, -0.05) is 6.07 Å².